The number of carboxylic acids is 1. The van der Waals surface area contributed by atoms with Gasteiger partial charge >= 0.3 is 12.3 Å². The monoisotopic (exact) mass is 509 g/mol. The van der Waals surface area contributed by atoms with E-state index in [1.54, 1.807) is 31.2 Å². The second-order valence-electron chi connectivity index (χ2n) is 7.39. The zero-order valence-electron chi connectivity index (χ0n) is 18.5. The minimum absolute atomic E-state index is 0.0477. The maximum absolute atomic E-state index is 12.6. The van der Waals surface area contributed by atoms with Crippen molar-refractivity contribution < 1.29 is 41.0 Å². The molecule has 0 atom stereocenters. The van der Waals surface area contributed by atoms with Crippen LogP contribution in [0, 0.1) is 0 Å². The predicted octanol–water partition coefficient (Wildman–Crippen LogP) is 5.16. The van der Waals surface area contributed by atoms with E-state index in [2.05, 4.69) is 9.46 Å². The van der Waals surface area contributed by atoms with E-state index >= 15 is 0 Å². The first-order chi connectivity index (χ1) is 16.5. The molecule has 0 saturated heterocycles. The molecule has 7 nitrogen and oxygen atoms in total. The molecule has 0 spiro atoms. The van der Waals surface area contributed by atoms with E-state index in [1.165, 1.54) is 24.3 Å². The van der Waals surface area contributed by atoms with Gasteiger partial charge in [-0.25, -0.2) is 17.9 Å². The molecule has 0 fully saturated rings. The summed E-state index contributed by atoms with van der Waals surface area (Å²) in [4.78, 5) is 11.3. The summed E-state index contributed by atoms with van der Waals surface area (Å²) in [6.07, 6.45) is -3.94. The van der Waals surface area contributed by atoms with Crippen LogP contribution in [-0.4, -0.2) is 32.4 Å². The second kappa shape index (κ2) is 10.8. The van der Waals surface area contributed by atoms with Crippen LogP contribution < -0.4 is 14.2 Å². The number of ether oxygens (including phenoxy) is 2. The number of nitrogens with one attached hydrogen (secondary N) is 1. The van der Waals surface area contributed by atoms with Gasteiger partial charge in [0.05, 0.1) is 10.5 Å². The number of alkyl halides is 3. The molecule has 0 aliphatic rings. The standard InChI is InChI=1S/C24H22F3NO6S/c1-2-17-5-12-21(15-22(17)23(29)30)35(31,32)28-14-13-16-3-6-18(7-4-16)33-19-8-10-20(11-9-19)34-24(25,26)27/h3-12,15,28H,2,13-14H2,1H3,(H,29,30). The molecule has 11 heteroatoms. The zero-order chi connectivity index (χ0) is 25.6. The minimum atomic E-state index is -4.77. The smallest absolute Gasteiger partial charge is 0.478 e. The summed E-state index contributed by atoms with van der Waals surface area (Å²) in [5.74, 6) is -0.791. The Bertz CT molecular complexity index is 1270. The Morgan fingerprint density at radius 3 is 2.06 bits per heavy atom. The molecule has 0 saturated carbocycles. The number of carboxylic acid groups (broad SMARTS) is 1. The fourth-order valence-electron chi connectivity index (χ4n) is 3.21. The topological polar surface area (TPSA) is 102 Å². The number of sulfonamides is 1. The molecule has 0 bridgehead atoms. The number of carbonyl (C=O) groups is 1. The molecule has 0 aromatic heterocycles. The molecule has 0 radical (unpaired) electrons. The number of rotatable bonds is 10. The summed E-state index contributed by atoms with van der Waals surface area (Å²) in [6, 6.07) is 15.7. The van der Waals surface area contributed by atoms with Gasteiger partial charge in [-0.1, -0.05) is 25.1 Å². The van der Waals surface area contributed by atoms with Gasteiger partial charge in [-0.2, -0.15) is 0 Å². The Morgan fingerprint density at radius 2 is 1.51 bits per heavy atom. The molecule has 3 aromatic carbocycles. The van der Waals surface area contributed by atoms with Gasteiger partial charge in [-0.3, -0.25) is 0 Å². The van der Waals surface area contributed by atoms with E-state index in [9.17, 15) is 31.5 Å². The Labute approximate surface area is 200 Å². The maximum atomic E-state index is 12.6. The minimum Gasteiger partial charge on any atom is -0.478 e. The van der Waals surface area contributed by atoms with Crippen molar-refractivity contribution in [1.29, 1.82) is 0 Å². The lowest BCUT2D eigenvalue weighted by Crippen LogP contribution is -2.26. The highest BCUT2D eigenvalue weighted by Crippen LogP contribution is 2.27. The van der Waals surface area contributed by atoms with E-state index in [0.717, 1.165) is 23.8 Å². The van der Waals surface area contributed by atoms with Crippen molar-refractivity contribution in [3.63, 3.8) is 0 Å². The van der Waals surface area contributed by atoms with E-state index in [4.69, 9.17) is 4.74 Å². The summed E-state index contributed by atoms with van der Waals surface area (Å²) in [7, 11) is -3.89. The lowest BCUT2D eigenvalue weighted by atomic mass is 10.1. The van der Waals surface area contributed by atoms with E-state index < -0.39 is 22.4 Å². The Hall–Kier alpha value is -3.57. The molecule has 0 amide bonds. The molecule has 35 heavy (non-hydrogen) atoms. The number of halogens is 3. The molecule has 0 aliphatic heterocycles. The van der Waals surface area contributed by atoms with Gasteiger partial charge in [-0.05, 0) is 72.5 Å². The average molecular weight is 510 g/mol. The van der Waals surface area contributed by atoms with Crippen molar-refractivity contribution in [3.05, 3.63) is 83.4 Å². The molecule has 0 heterocycles. The lowest BCUT2D eigenvalue weighted by molar-refractivity contribution is -0.274. The highest BCUT2D eigenvalue weighted by atomic mass is 32.2. The number of hydrogen-bond donors (Lipinski definition) is 2. The lowest BCUT2D eigenvalue weighted by Gasteiger charge is -2.11. The fraction of sp³-hybridized carbons (Fsp3) is 0.208. The molecule has 2 N–H and O–H groups in total. The summed E-state index contributed by atoms with van der Waals surface area (Å²) in [5, 5.41) is 9.31. The van der Waals surface area contributed by atoms with Gasteiger partial charge in [-0.15, -0.1) is 13.2 Å². The summed E-state index contributed by atoms with van der Waals surface area (Å²) < 4.78 is 73.7. The number of benzene rings is 3. The fourth-order valence-corrected chi connectivity index (χ4v) is 4.27. The van der Waals surface area contributed by atoms with Crippen LogP contribution in [0.3, 0.4) is 0 Å². The average Bonchev–Trinajstić information content (AvgIpc) is 2.80. The van der Waals surface area contributed by atoms with Gasteiger partial charge in [0.25, 0.3) is 0 Å². The molecule has 0 unspecified atom stereocenters. The van der Waals surface area contributed by atoms with E-state index in [1.807, 2.05) is 0 Å². The normalized spacial score (nSPS) is 11.8. The van der Waals surface area contributed by atoms with Crippen LogP contribution in [0.1, 0.15) is 28.4 Å². The first-order valence-corrected chi connectivity index (χ1v) is 11.9. The van der Waals surface area contributed by atoms with E-state index in [0.29, 0.717) is 29.9 Å². The summed E-state index contributed by atoms with van der Waals surface area (Å²) in [6.45, 7) is 1.87. The maximum Gasteiger partial charge on any atom is 0.573 e. The van der Waals surface area contributed by atoms with Crippen molar-refractivity contribution in [2.45, 2.75) is 31.0 Å². The van der Waals surface area contributed by atoms with Crippen molar-refractivity contribution >= 4 is 16.0 Å². The third kappa shape index (κ3) is 7.46. The van der Waals surface area contributed by atoms with Crippen LogP contribution in [0.15, 0.2) is 71.6 Å². The molecule has 3 rings (SSSR count). The molecular formula is C24H22F3NO6S. The van der Waals surface area contributed by atoms with Gasteiger partial charge in [0.1, 0.15) is 17.2 Å². The highest BCUT2D eigenvalue weighted by Gasteiger charge is 2.31. The van der Waals surface area contributed by atoms with Crippen LogP contribution in [0.5, 0.6) is 17.2 Å². The van der Waals surface area contributed by atoms with Gasteiger partial charge in [0, 0.05) is 6.54 Å². The summed E-state index contributed by atoms with van der Waals surface area (Å²) >= 11 is 0. The van der Waals surface area contributed by atoms with Crippen LogP contribution in [-0.2, 0) is 22.9 Å². The van der Waals surface area contributed by atoms with Crippen LogP contribution >= 0.6 is 0 Å². The number of hydrogen-bond acceptors (Lipinski definition) is 5. The Morgan fingerprint density at radius 1 is 0.943 bits per heavy atom. The van der Waals surface area contributed by atoms with E-state index in [-0.39, 0.29) is 22.8 Å². The number of aryl methyl sites for hydroxylation is 1. The summed E-state index contributed by atoms with van der Waals surface area (Å²) in [5.41, 5.74) is 1.30. The third-order valence-corrected chi connectivity index (χ3v) is 6.38. The SMILES string of the molecule is CCc1ccc(S(=O)(=O)NCCc2ccc(Oc3ccc(OC(F)(F)F)cc3)cc2)cc1C(=O)O. The second-order valence-corrected chi connectivity index (χ2v) is 9.16. The Balaban J connectivity index is 1.56. The van der Waals surface area contributed by atoms with Gasteiger partial charge in [0.15, 0.2) is 0 Å². The Kier molecular flexibility index (Phi) is 8.03. The first kappa shape index (κ1) is 26.0. The predicted molar refractivity (Wildman–Crippen MR) is 121 cm³/mol. The van der Waals surface area contributed by atoms with Crippen molar-refractivity contribution in [2.75, 3.05) is 6.54 Å². The number of aromatic carboxylic acids is 1. The van der Waals surface area contributed by atoms with Gasteiger partial charge < -0.3 is 14.6 Å². The van der Waals surface area contributed by atoms with Crippen molar-refractivity contribution in [2.24, 2.45) is 0 Å². The largest absolute Gasteiger partial charge is 0.573 e. The zero-order valence-corrected chi connectivity index (χ0v) is 19.3. The highest BCUT2D eigenvalue weighted by molar-refractivity contribution is 7.89. The molecule has 186 valence electrons. The van der Waals surface area contributed by atoms with Crippen LogP contribution in [0.2, 0.25) is 0 Å². The van der Waals surface area contributed by atoms with Crippen LogP contribution in [0.4, 0.5) is 13.2 Å². The quantitative estimate of drug-likeness (QED) is 0.392. The molecule has 0 aliphatic carbocycles. The first-order valence-electron chi connectivity index (χ1n) is 10.5. The van der Waals surface area contributed by atoms with Crippen LogP contribution in [0.25, 0.3) is 0 Å². The van der Waals surface area contributed by atoms with Crippen molar-refractivity contribution in [3.8, 4) is 17.2 Å². The van der Waals surface area contributed by atoms with Crippen molar-refractivity contribution in [1.82, 2.24) is 4.72 Å². The molecular weight excluding hydrogens is 487 g/mol. The molecule has 3 aromatic rings. The van der Waals surface area contributed by atoms with Gasteiger partial charge in [0.2, 0.25) is 10.0 Å². The third-order valence-electron chi connectivity index (χ3n) is 4.93.